The van der Waals surface area contributed by atoms with Crippen LogP contribution in [0, 0.1) is 6.92 Å². The molecule has 2 aromatic carbocycles. The van der Waals surface area contributed by atoms with Crippen molar-refractivity contribution in [1.29, 1.82) is 0 Å². The van der Waals surface area contributed by atoms with Crippen LogP contribution in [0.2, 0.25) is 0 Å². The SMILES string of the molecule is CCN(CCNC(=O)N(C)CCc1ccc(OC)c(OC)c1)c1cccc(C)c1. The van der Waals surface area contributed by atoms with Crippen LogP contribution < -0.4 is 19.7 Å². The van der Waals surface area contributed by atoms with Gasteiger partial charge in [-0.2, -0.15) is 0 Å². The van der Waals surface area contributed by atoms with Gasteiger partial charge in [0.05, 0.1) is 14.2 Å². The molecule has 0 aromatic heterocycles. The zero-order valence-corrected chi connectivity index (χ0v) is 18.2. The largest absolute Gasteiger partial charge is 0.493 e. The topological polar surface area (TPSA) is 54.0 Å². The van der Waals surface area contributed by atoms with E-state index in [1.54, 1.807) is 19.1 Å². The van der Waals surface area contributed by atoms with Gasteiger partial charge in [-0.25, -0.2) is 4.79 Å². The van der Waals surface area contributed by atoms with Crippen LogP contribution in [0.1, 0.15) is 18.1 Å². The van der Waals surface area contributed by atoms with Crippen LogP contribution in [-0.2, 0) is 6.42 Å². The molecule has 6 heteroatoms. The fraction of sp³-hybridized carbons (Fsp3) is 0.435. The Bertz CT molecular complexity index is 795. The number of ether oxygens (including phenoxy) is 2. The van der Waals surface area contributed by atoms with E-state index in [1.165, 1.54) is 11.3 Å². The van der Waals surface area contributed by atoms with Gasteiger partial charge < -0.3 is 24.6 Å². The molecule has 2 rings (SSSR count). The highest BCUT2D eigenvalue weighted by Crippen LogP contribution is 2.27. The minimum atomic E-state index is -0.0641. The summed E-state index contributed by atoms with van der Waals surface area (Å²) in [4.78, 5) is 16.4. The fourth-order valence-corrected chi connectivity index (χ4v) is 3.16. The summed E-state index contributed by atoms with van der Waals surface area (Å²) in [6, 6.07) is 14.2. The molecule has 0 saturated carbocycles. The van der Waals surface area contributed by atoms with Crippen molar-refractivity contribution in [3.8, 4) is 11.5 Å². The lowest BCUT2D eigenvalue weighted by molar-refractivity contribution is 0.209. The predicted octanol–water partition coefficient (Wildman–Crippen LogP) is 3.72. The molecule has 6 nitrogen and oxygen atoms in total. The van der Waals surface area contributed by atoms with E-state index in [2.05, 4.69) is 48.3 Å². The van der Waals surface area contributed by atoms with E-state index >= 15 is 0 Å². The van der Waals surface area contributed by atoms with Crippen LogP contribution in [0.4, 0.5) is 10.5 Å². The van der Waals surface area contributed by atoms with Gasteiger partial charge in [0.25, 0.3) is 0 Å². The molecule has 2 aromatic rings. The lowest BCUT2D eigenvalue weighted by Gasteiger charge is -2.25. The third-order valence-electron chi connectivity index (χ3n) is 4.94. The Kier molecular flexibility index (Phi) is 8.65. The Morgan fingerprint density at radius 1 is 1.03 bits per heavy atom. The van der Waals surface area contributed by atoms with E-state index in [0.29, 0.717) is 24.6 Å². The number of hydrogen-bond acceptors (Lipinski definition) is 4. The Balaban J connectivity index is 1.80. The molecule has 0 atom stereocenters. The molecule has 0 aliphatic carbocycles. The lowest BCUT2D eigenvalue weighted by Crippen LogP contribution is -2.42. The molecule has 0 aliphatic heterocycles. The molecule has 0 radical (unpaired) electrons. The first kappa shape index (κ1) is 22.4. The molecule has 0 saturated heterocycles. The molecule has 0 unspecified atom stereocenters. The number of nitrogens with one attached hydrogen (secondary N) is 1. The van der Waals surface area contributed by atoms with E-state index in [-0.39, 0.29) is 6.03 Å². The number of benzene rings is 2. The van der Waals surface area contributed by atoms with Crippen molar-refractivity contribution in [3.63, 3.8) is 0 Å². The van der Waals surface area contributed by atoms with Crippen LogP contribution in [0.15, 0.2) is 42.5 Å². The van der Waals surface area contributed by atoms with Crippen molar-refractivity contribution in [2.75, 3.05) is 52.3 Å². The first-order valence-corrected chi connectivity index (χ1v) is 10.00. The van der Waals surface area contributed by atoms with Crippen molar-refractivity contribution in [3.05, 3.63) is 53.6 Å². The third kappa shape index (κ3) is 6.59. The average molecular weight is 400 g/mol. The molecule has 29 heavy (non-hydrogen) atoms. The number of carbonyl (C=O) groups is 1. The molecule has 0 fully saturated rings. The standard InChI is InChI=1S/C23H33N3O3/c1-6-26(20-9-7-8-18(2)16-20)15-13-24-23(27)25(3)14-12-19-10-11-21(28-4)22(17-19)29-5/h7-11,16-17H,6,12-15H2,1-5H3,(H,24,27). The van der Waals surface area contributed by atoms with Gasteiger partial charge >= 0.3 is 6.03 Å². The zero-order chi connectivity index (χ0) is 21.2. The summed E-state index contributed by atoms with van der Waals surface area (Å²) in [6.45, 7) is 7.10. The van der Waals surface area contributed by atoms with Gasteiger partial charge in [0.15, 0.2) is 11.5 Å². The summed E-state index contributed by atoms with van der Waals surface area (Å²) in [6.07, 6.45) is 0.745. The van der Waals surface area contributed by atoms with Gasteiger partial charge in [0.2, 0.25) is 0 Å². The Morgan fingerprint density at radius 2 is 1.79 bits per heavy atom. The number of methoxy groups -OCH3 is 2. The van der Waals surface area contributed by atoms with Crippen LogP contribution in [0.5, 0.6) is 11.5 Å². The number of urea groups is 1. The number of amides is 2. The van der Waals surface area contributed by atoms with Gasteiger partial charge in [0.1, 0.15) is 0 Å². The third-order valence-corrected chi connectivity index (χ3v) is 4.94. The molecule has 0 bridgehead atoms. The fourth-order valence-electron chi connectivity index (χ4n) is 3.16. The molecule has 0 heterocycles. The zero-order valence-electron chi connectivity index (χ0n) is 18.2. The number of aryl methyl sites for hydroxylation is 1. The summed E-state index contributed by atoms with van der Waals surface area (Å²) in [5, 5.41) is 3.01. The minimum absolute atomic E-state index is 0.0641. The van der Waals surface area contributed by atoms with E-state index in [4.69, 9.17) is 9.47 Å². The first-order valence-electron chi connectivity index (χ1n) is 10.00. The maximum Gasteiger partial charge on any atom is 0.317 e. The number of anilines is 1. The molecular weight excluding hydrogens is 366 g/mol. The quantitative estimate of drug-likeness (QED) is 0.662. The number of likely N-dealkylation sites (N-methyl/N-ethyl adjacent to an activating group) is 2. The molecule has 2 amide bonds. The summed E-state index contributed by atoms with van der Waals surface area (Å²) < 4.78 is 10.6. The second kappa shape index (κ2) is 11.2. The Morgan fingerprint density at radius 3 is 2.45 bits per heavy atom. The van der Waals surface area contributed by atoms with Gasteiger partial charge in [-0.1, -0.05) is 18.2 Å². The van der Waals surface area contributed by atoms with Crippen LogP contribution in [-0.4, -0.2) is 58.4 Å². The van der Waals surface area contributed by atoms with E-state index in [1.807, 2.05) is 25.2 Å². The highest BCUT2D eigenvalue weighted by Gasteiger charge is 2.11. The summed E-state index contributed by atoms with van der Waals surface area (Å²) in [5.41, 5.74) is 3.52. The van der Waals surface area contributed by atoms with E-state index < -0.39 is 0 Å². The second-order valence-electron chi connectivity index (χ2n) is 7.01. The number of nitrogens with zero attached hydrogens (tertiary/aromatic N) is 2. The highest BCUT2D eigenvalue weighted by molar-refractivity contribution is 5.73. The number of hydrogen-bond donors (Lipinski definition) is 1. The smallest absolute Gasteiger partial charge is 0.317 e. The number of rotatable bonds is 10. The normalized spacial score (nSPS) is 10.4. The molecule has 0 spiro atoms. The molecule has 1 N–H and O–H groups in total. The van der Waals surface area contributed by atoms with Crippen molar-refractivity contribution in [1.82, 2.24) is 10.2 Å². The van der Waals surface area contributed by atoms with Crippen LogP contribution >= 0.6 is 0 Å². The van der Waals surface area contributed by atoms with E-state index in [0.717, 1.165) is 25.1 Å². The summed E-state index contributed by atoms with van der Waals surface area (Å²) in [5.74, 6) is 1.41. The highest BCUT2D eigenvalue weighted by atomic mass is 16.5. The van der Waals surface area contributed by atoms with Crippen molar-refractivity contribution in [2.24, 2.45) is 0 Å². The first-order chi connectivity index (χ1) is 14.0. The minimum Gasteiger partial charge on any atom is -0.493 e. The monoisotopic (exact) mass is 399 g/mol. The average Bonchev–Trinajstić information content (AvgIpc) is 2.74. The molecular formula is C23H33N3O3. The maximum atomic E-state index is 12.4. The van der Waals surface area contributed by atoms with Gasteiger partial charge in [-0.3, -0.25) is 0 Å². The van der Waals surface area contributed by atoms with Gasteiger partial charge in [-0.15, -0.1) is 0 Å². The van der Waals surface area contributed by atoms with Crippen LogP contribution in [0.3, 0.4) is 0 Å². The predicted molar refractivity (Wildman–Crippen MR) is 118 cm³/mol. The second-order valence-corrected chi connectivity index (χ2v) is 7.01. The summed E-state index contributed by atoms with van der Waals surface area (Å²) >= 11 is 0. The van der Waals surface area contributed by atoms with E-state index in [9.17, 15) is 4.79 Å². The van der Waals surface area contributed by atoms with Crippen molar-refractivity contribution >= 4 is 11.7 Å². The Hall–Kier alpha value is -2.89. The van der Waals surface area contributed by atoms with Crippen molar-refractivity contribution in [2.45, 2.75) is 20.3 Å². The van der Waals surface area contributed by atoms with Crippen molar-refractivity contribution < 1.29 is 14.3 Å². The Labute approximate surface area is 174 Å². The molecule has 0 aliphatic rings. The van der Waals surface area contributed by atoms with Gasteiger partial charge in [-0.05, 0) is 55.7 Å². The number of carbonyl (C=O) groups excluding carboxylic acids is 1. The lowest BCUT2D eigenvalue weighted by atomic mass is 10.1. The van der Waals surface area contributed by atoms with Gasteiger partial charge in [0, 0.05) is 38.9 Å². The molecule has 158 valence electrons. The maximum absolute atomic E-state index is 12.4. The summed E-state index contributed by atoms with van der Waals surface area (Å²) in [7, 11) is 5.06. The van der Waals surface area contributed by atoms with Crippen LogP contribution in [0.25, 0.3) is 0 Å².